The van der Waals surface area contributed by atoms with Crippen LogP contribution in [0.2, 0.25) is 0 Å². The van der Waals surface area contributed by atoms with Crippen LogP contribution in [0.15, 0.2) is 54.6 Å². The first-order valence-corrected chi connectivity index (χ1v) is 9.11. The minimum atomic E-state index is 0.0216. The lowest BCUT2D eigenvalue weighted by molar-refractivity contribution is 0.191. The van der Waals surface area contributed by atoms with Crippen molar-refractivity contribution < 1.29 is 4.79 Å². The molecule has 2 aromatic carbocycles. The summed E-state index contributed by atoms with van der Waals surface area (Å²) in [7, 11) is 0. The summed E-state index contributed by atoms with van der Waals surface area (Å²) in [6, 6.07) is 18.9. The minimum absolute atomic E-state index is 0.0216. The van der Waals surface area contributed by atoms with E-state index in [1.165, 1.54) is 11.3 Å². The molecular formula is C21H27N3O. The lowest BCUT2D eigenvalue weighted by atomic mass is 10.1. The Morgan fingerprint density at radius 3 is 2.24 bits per heavy atom. The first kappa shape index (κ1) is 17.3. The molecule has 1 saturated heterocycles. The largest absolute Gasteiger partial charge is 0.368 e. The quantitative estimate of drug-likeness (QED) is 0.920. The summed E-state index contributed by atoms with van der Waals surface area (Å²) in [6.07, 6.45) is 1.06. The molecule has 25 heavy (non-hydrogen) atoms. The monoisotopic (exact) mass is 337 g/mol. The lowest BCUT2D eigenvalue weighted by Crippen LogP contribution is -2.52. The number of rotatable bonds is 4. The highest BCUT2D eigenvalue weighted by Crippen LogP contribution is 2.18. The molecule has 0 spiro atoms. The standard InChI is InChI=1S/C21H27N3O/c1-3-18-9-11-20(12-10-18)23-13-15-24(16-14-23)21(25)22-17(2)19-7-5-4-6-8-19/h4-12,17H,3,13-16H2,1-2H3,(H,22,25). The van der Waals surface area contributed by atoms with Crippen molar-refractivity contribution in [3.8, 4) is 0 Å². The van der Waals surface area contributed by atoms with Crippen LogP contribution in [0, 0.1) is 0 Å². The number of aryl methyl sites for hydroxylation is 1. The highest BCUT2D eigenvalue weighted by molar-refractivity contribution is 5.75. The van der Waals surface area contributed by atoms with Crippen LogP contribution in [0.25, 0.3) is 0 Å². The normalized spacial score (nSPS) is 15.8. The summed E-state index contributed by atoms with van der Waals surface area (Å²) < 4.78 is 0. The van der Waals surface area contributed by atoms with E-state index in [0.29, 0.717) is 0 Å². The average Bonchev–Trinajstić information content (AvgIpc) is 2.69. The highest BCUT2D eigenvalue weighted by Gasteiger charge is 2.22. The van der Waals surface area contributed by atoms with Gasteiger partial charge in [-0.05, 0) is 36.6 Å². The fourth-order valence-corrected chi connectivity index (χ4v) is 3.21. The third-order valence-corrected chi connectivity index (χ3v) is 4.92. The van der Waals surface area contributed by atoms with Crippen molar-refractivity contribution in [2.45, 2.75) is 26.3 Å². The van der Waals surface area contributed by atoms with E-state index in [-0.39, 0.29) is 12.1 Å². The van der Waals surface area contributed by atoms with Crippen molar-refractivity contribution in [1.82, 2.24) is 10.2 Å². The number of anilines is 1. The van der Waals surface area contributed by atoms with Crippen molar-refractivity contribution in [3.63, 3.8) is 0 Å². The molecule has 0 aliphatic carbocycles. The van der Waals surface area contributed by atoms with Crippen LogP contribution in [-0.4, -0.2) is 37.1 Å². The smallest absolute Gasteiger partial charge is 0.317 e. The number of urea groups is 1. The van der Waals surface area contributed by atoms with Gasteiger partial charge in [0.1, 0.15) is 0 Å². The zero-order valence-electron chi connectivity index (χ0n) is 15.1. The van der Waals surface area contributed by atoms with Gasteiger partial charge in [0, 0.05) is 31.9 Å². The maximum absolute atomic E-state index is 12.5. The summed E-state index contributed by atoms with van der Waals surface area (Å²) in [5.41, 5.74) is 3.73. The molecule has 1 fully saturated rings. The van der Waals surface area contributed by atoms with Crippen molar-refractivity contribution >= 4 is 11.7 Å². The summed E-state index contributed by atoms with van der Waals surface area (Å²) in [4.78, 5) is 16.8. The Bertz CT molecular complexity index is 676. The number of nitrogens with zero attached hydrogens (tertiary/aromatic N) is 2. The molecule has 1 aliphatic heterocycles. The van der Waals surface area contributed by atoms with Crippen LogP contribution in [0.1, 0.15) is 31.0 Å². The molecule has 4 nitrogen and oxygen atoms in total. The van der Waals surface area contributed by atoms with E-state index in [1.54, 1.807) is 0 Å². The molecule has 3 rings (SSSR count). The first-order valence-electron chi connectivity index (χ1n) is 9.11. The van der Waals surface area contributed by atoms with Gasteiger partial charge in [0.15, 0.2) is 0 Å². The molecule has 1 atom stereocenters. The van der Waals surface area contributed by atoms with Gasteiger partial charge >= 0.3 is 6.03 Å². The Morgan fingerprint density at radius 1 is 1.00 bits per heavy atom. The zero-order chi connectivity index (χ0) is 17.6. The van der Waals surface area contributed by atoms with Crippen LogP contribution in [0.3, 0.4) is 0 Å². The predicted octanol–water partition coefficient (Wildman–Crippen LogP) is 3.84. The van der Waals surface area contributed by atoms with Gasteiger partial charge < -0.3 is 15.1 Å². The molecule has 0 saturated carbocycles. The second-order valence-corrected chi connectivity index (χ2v) is 6.58. The van der Waals surface area contributed by atoms with Crippen LogP contribution in [-0.2, 0) is 6.42 Å². The molecule has 0 aromatic heterocycles. The molecule has 1 aliphatic rings. The zero-order valence-corrected chi connectivity index (χ0v) is 15.1. The maximum Gasteiger partial charge on any atom is 0.317 e. The van der Waals surface area contributed by atoms with Crippen LogP contribution >= 0.6 is 0 Å². The minimum Gasteiger partial charge on any atom is -0.368 e. The molecule has 4 heteroatoms. The predicted molar refractivity (Wildman–Crippen MR) is 103 cm³/mol. The first-order chi connectivity index (χ1) is 12.2. The molecular weight excluding hydrogens is 310 g/mol. The van der Waals surface area contributed by atoms with Crippen LogP contribution < -0.4 is 10.2 Å². The maximum atomic E-state index is 12.5. The number of benzene rings is 2. The lowest BCUT2D eigenvalue weighted by Gasteiger charge is -2.36. The number of nitrogens with one attached hydrogen (secondary N) is 1. The number of carbonyl (C=O) groups excluding carboxylic acids is 1. The average molecular weight is 337 g/mol. The molecule has 2 aromatic rings. The Morgan fingerprint density at radius 2 is 1.64 bits per heavy atom. The van der Waals surface area contributed by atoms with Crippen LogP contribution in [0.5, 0.6) is 0 Å². The summed E-state index contributed by atoms with van der Waals surface area (Å²) in [5.74, 6) is 0. The second kappa shape index (κ2) is 8.06. The molecule has 1 heterocycles. The molecule has 2 amide bonds. The number of hydrogen-bond acceptors (Lipinski definition) is 2. The molecule has 0 radical (unpaired) electrons. The number of hydrogen-bond donors (Lipinski definition) is 1. The van der Waals surface area contributed by atoms with Crippen molar-refractivity contribution in [3.05, 3.63) is 65.7 Å². The van der Waals surface area contributed by atoms with E-state index in [9.17, 15) is 4.79 Å². The van der Waals surface area contributed by atoms with Crippen molar-refractivity contribution in [1.29, 1.82) is 0 Å². The molecule has 1 N–H and O–H groups in total. The number of carbonyl (C=O) groups is 1. The SMILES string of the molecule is CCc1ccc(N2CCN(C(=O)NC(C)c3ccccc3)CC2)cc1. The van der Waals surface area contributed by atoms with E-state index in [0.717, 1.165) is 38.2 Å². The number of amides is 2. The summed E-state index contributed by atoms with van der Waals surface area (Å²) in [6.45, 7) is 7.45. The van der Waals surface area contributed by atoms with Crippen molar-refractivity contribution in [2.75, 3.05) is 31.1 Å². The summed E-state index contributed by atoms with van der Waals surface area (Å²) >= 11 is 0. The van der Waals surface area contributed by atoms with E-state index < -0.39 is 0 Å². The van der Waals surface area contributed by atoms with Gasteiger partial charge in [-0.15, -0.1) is 0 Å². The molecule has 1 unspecified atom stereocenters. The van der Waals surface area contributed by atoms with E-state index in [2.05, 4.69) is 41.4 Å². The van der Waals surface area contributed by atoms with Gasteiger partial charge in [0.05, 0.1) is 6.04 Å². The van der Waals surface area contributed by atoms with Gasteiger partial charge in [0.25, 0.3) is 0 Å². The molecule has 132 valence electrons. The van der Waals surface area contributed by atoms with E-state index in [4.69, 9.17) is 0 Å². The fraction of sp³-hybridized carbons (Fsp3) is 0.381. The number of piperazine rings is 1. The van der Waals surface area contributed by atoms with Gasteiger partial charge in [-0.1, -0.05) is 49.4 Å². The fourth-order valence-electron chi connectivity index (χ4n) is 3.21. The van der Waals surface area contributed by atoms with Gasteiger partial charge in [0.2, 0.25) is 0 Å². The Balaban J connectivity index is 1.52. The van der Waals surface area contributed by atoms with E-state index in [1.807, 2.05) is 42.2 Å². The highest BCUT2D eigenvalue weighted by atomic mass is 16.2. The third-order valence-electron chi connectivity index (χ3n) is 4.92. The molecule has 0 bridgehead atoms. The van der Waals surface area contributed by atoms with Crippen molar-refractivity contribution in [2.24, 2.45) is 0 Å². The third kappa shape index (κ3) is 4.32. The van der Waals surface area contributed by atoms with Crippen LogP contribution in [0.4, 0.5) is 10.5 Å². The van der Waals surface area contributed by atoms with Gasteiger partial charge in [-0.25, -0.2) is 4.79 Å². The van der Waals surface area contributed by atoms with E-state index >= 15 is 0 Å². The Kier molecular flexibility index (Phi) is 5.59. The summed E-state index contributed by atoms with van der Waals surface area (Å²) in [5, 5.41) is 3.10. The van der Waals surface area contributed by atoms with Gasteiger partial charge in [-0.3, -0.25) is 0 Å². The second-order valence-electron chi connectivity index (χ2n) is 6.58. The van der Waals surface area contributed by atoms with Gasteiger partial charge in [-0.2, -0.15) is 0 Å². The topological polar surface area (TPSA) is 35.6 Å². The Hall–Kier alpha value is -2.49. The Labute approximate surface area is 150 Å².